The Kier molecular flexibility index (Phi) is 1.73. The summed E-state index contributed by atoms with van der Waals surface area (Å²) in [5.74, 6) is 1.91. The molecular formula is C11H13N3O. The van der Waals surface area contributed by atoms with Crippen LogP contribution in [0.5, 0.6) is 5.75 Å². The van der Waals surface area contributed by atoms with Gasteiger partial charge in [0.25, 0.3) is 0 Å². The van der Waals surface area contributed by atoms with Crippen LogP contribution in [0, 0.1) is 0 Å². The smallest absolute Gasteiger partial charge is 0.146 e. The molecule has 0 spiro atoms. The van der Waals surface area contributed by atoms with Crippen molar-refractivity contribution in [2.75, 3.05) is 7.11 Å². The molecule has 4 nitrogen and oxygen atoms in total. The first-order valence-corrected chi connectivity index (χ1v) is 5.07. The summed E-state index contributed by atoms with van der Waals surface area (Å²) < 4.78 is 7.47. The van der Waals surface area contributed by atoms with Crippen LogP contribution in [0.3, 0.4) is 0 Å². The molecule has 15 heavy (non-hydrogen) atoms. The van der Waals surface area contributed by atoms with Gasteiger partial charge in [-0.15, -0.1) is 0 Å². The highest BCUT2D eigenvalue weighted by atomic mass is 16.5. The predicted molar refractivity (Wildman–Crippen MR) is 58.0 cm³/mol. The molecular weight excluding hydrogens is 190 g/mol. The fraction of sp³-hybridized carbons (Fsp3) is 0.364. The minimum Gasteiger partial charge on any atom is -0.494 e. The zero-order valence-electron chi connectivity index (χ0n) is 8.60. The largest absolute Gasteiger partial charge is 0.494 e. The molecule has 3 rings (SSSR count). The second kappa shape index (κ2) is 2.97. The van der Waals surface area contributed by atoms with E-state index < -0.39 is 0 Å². The third-order valence-electron chi connectivity index (χ3n) is 2.90. The van der Waals surface area contributed by atoms with Crippen molar-refractivity contribution in [3.8, 4) is 5.75 Å². The van der Waals surface area contributed by atoms with Crippen LogP contribution in [0.15, 0.2) is 18.2 Å². The lowest BCUT2D eigenvalue weighted by Crippen LogP contribution is -2.20. The first-order chi connectivity index (χ1) is 7.29. The first-order valence-electron chi connectivity index (χ1n) is 5.07. The molecule has 0 saturated heterocycles. The highest BCUT2D eigenvalue weighted by Crippen LogP contribution is 2.28. The summed E-state index contributed by atoms with van der Waals surface area (Å²) in [4.78, 5) is 4.57. The molecule has 0 bridgehead atoms. The molecule has 78 valence electrons. The summed E-state index contributed by atoms with van der Waals surface area (Å²) >= 11 is 0. The van der Waals surface area contributed by atoms with Gasteiger partial charge in [0.05, 0.1) is 12.6 Å². The normalized spacial score (nSPS) is 19.5. The summed E-state index contributed by atoms with van der Waals surface area (Å²) in [6.45, 7) is 0.860. The molecule has 0 aliphatic carbocycles. The monoisotopic (exact) mass is 203 g/mol. The zero-order valence-corrected chi connectivity index (χ0v) is 8.60. The van der Waals surface area contributed by atoms with Crippen molar-refractivity contribution in [2.45, 2.75) is 19.0 Å². The molecule has 0 amide bonds. The molecule has 1 atom stereocenters. The summed E-state index contributed by atoms with van der Waals surface area (Å²) in [5, 5.41) is 0. The van der Waals surface area contributed by atoms with Gasteiger partial charge in [0.2, 0.25) is 0 Å². The van der Waals surface area contributed by atoms with Crippen molar-refractivity contribution in [1.29, 1.82) is 0 Å². The van der Waals surface area contributed by atoms with E-state index in [4.69, 9.17) is 10.5 Å². The number of ether oxygens (including phenoxy) is 1. The maximum atomic E-state index is 5.90. The average Bonchev–Trinajstić information content (AvgIpc) is 2.73. The highest BCUT2D eigenvalue weighted by Gasteiger charge is 2.23. The molecule has 1 aromatic heterocycles. The Morgan fingerprint density at radius 3 is 3.20 bits per heavy atom. The van der Waals surface area contributed by atoms with Gasteiger partial charge in [0.15, 0.2) is 0 Å². The lowest BCUT2D eigenvalue weighted by molar-refractivity contribution is 0.419. The lowest BCUT2D eigenvalue weighted by atomic mass is 10.2. The Morgan fingerprint density at radius 2 is 2.40 bits per heavy atom. The van der Waals surface area contributed by atoms with Gasteiger partial charge in [-0.1, -0.05) is 6.07 Å². The van der Waals surface area contributed by atoms with E-state index in [1.165, 1.54) is 0 Å². The Balaban J connectivity index is 2.27. The van der Waals surface area contributed by atoms with Crippen molar-refractivity contribution >= 4 is 11.0 Å². The van der Waals surface area contributed by atoms with Crippen molar-refractivity contribution in [1.82, 2.24) is 9.55 Å². The molecule has 1 aliphatic heterocycles. The number of benzene rings is 1. The van der Waals surface area contributed by atoms with Gasteiger partial charge in [-0.2, -0.15) is 0 Å². The molecule has 1 aromatic carbocycles. The van der Waals surface area contributed by atoms with Gasteiger partial charge in [-0.05, 0) is 12.1 Å². The van der Waals surface area contributed by atoms with Crippen molar-refractivity contribution in [3.05, 3.63) is 24.0 Å². The number of rotatable bonds is 1. The summed E-state index contributed by atoms with van der Waals surface area (Å²) in [6, 6.07) is 6.19. The Morgan fingerprint density at radius 1 is 1.53 bits per heavy atom. The van der Waals surface area contributed by atoms with Gasteiger partial charge >= 0.3 is 0 Å². The minimum absolute atomic E-state index is 0.211. The number of methoxy groups -OCH3 is 1. The number of imidazole rings is 1. The van der Waals surface area contributed by atoms with Crippen LogP contribution in [-0.4, -0.2) is 22.7 Å². The van der Waals surface area contributed by atoms with Crippen LogP contribution in [0.1, 0.15) is 5.82 Å². The molecule has 2 heterocycles. The van der Waals surface area contributed by atoms with Crippen LogP contribution < -0.4 is 10.5 Å². The lowest BCUT2D eigenvalue weighted by Gasteiger charge is -2.03. The Hall–Kier alpha value is -1.55. The first kappa shape index (κ1) is 8.73. The third kappa shape index (κ3) is 1.15. The fourth-order valence-corrected chi connectivity index (χ4v) is 2.23. The van der Waals surface area contributed by atoms with Crippen LogP contribution in [0.2, 0.25) is 0 Å². The van der Waals surface area contributed by atoms with E-state index in [1.54, 1.807) is 7.11 Å². The standard InChI is InChI=1S/C11H13N3O/c1-15-9-4-2-3-8-11(9)13-10-5-7(12)6-14(8)10/h2-4,7H,5-6,12H2,1H3. The third-order valence-corrected chi connectivity index (χ3v) is 2.90. The number of fused-ring (bicyclic) bond motifs is 3. The topological polar surface area (TPSA) is 53.1 Å². The van der Waals surface area contributed by atoms with E-state index in [0.717, 1.165) is 35.6 Å². The molecule has 4 heteroatoms. The molecule has 2 N–H and O–H groups in total. The van der Waals surface area contributed by atoms with Crippen molar-refractivity contribution in [3.63, 3.8) is 0 Å². The second-order valence-corrected chi connectivity index (χ2v) is 3.93. The van der Waals surface area contributed by atoms with Crippen LogP contribution in [0.4, 0.5) is 0 Å². The number of aromatic nitrogens is 2. The maximum Gasteiger partial charge on any atom is 0.146 e. The van der Waals surface area contributed by atoms with E-state index in [0.29, 0.717) is 0 Å². The Labute approximate surface area is 87.7 Å². The number of nitrogens with two attached hydrogens (primary N) is 1. The molecule has 0 fully saturated rings. The van der Waals surface area contributed by atoms with E-state index in [9.17, 15) is 0 Å². The molecule has 1 aliphatic rings. The zero-order chi connectivity index (χ0) is 10.4. The summed E-state index contributed by atoms with van der Waals surface area (Å²) in [5.41, 5.74) is 7.97. The second-order valence-electron chi connectivity index (χ2n) is 3.93. The molecule has 2 aromatic rings. The van der Waals surface area contributed by atoms with Crippen LogP contribution in [0.25, 0.3) is 11.0 Å². The average molecular weight is 203 g/mol. The predicted octanol–water partition coefficient (Wildman–Crippen LogP) is 0.928. The van der Waals surface area contributed by atoms with Gasteiger partial charge < -0.3 is 15.0 Å². The fourth-order valence-electron chi connectivity index (χ4n) is 2.23. The summed E-state index contributed by atoms with van der Waals surface area (Å²) in [7, 11) is 1.67. The van der Waals surface area contributed by atoms with E-state index in [1.807, 2.05) is 12.1 Å². The van der Waals surface area contributed by atoms with Crippen LogP contribution in [-0.2, 0) is 13.0 Å². The van der Waals surface area contributed by atoms with E-state index in [-0.39, 0.29) is 6.04 Å². The molecule has 0 saturated carbocycles. The number of nitrogens with zero attached hydrogens (tertiary/aromatic N) is 2. The van der Waals surface area contributed by atoms with Gasteiger partial charge in [0.1, 0.15) is 17.1 Å². The maximum absolute atomic E-state index is 5.90. The van der Waals surface area contributed by atoms with Gasteiger partial charge in [-0.3, -0.25) is 0 Å². The Bertz CT molecular complexity index is 518. The van der Waals surface area contributed by atoms with E-state index >= 15 is 0 Å². The van der Waals surface area contributed by atoms with Gasteiger partial charge in [0, 0.05) is 19.0 Å². The number of para-hydroxylation sites is 1. The number of hydrogen-bond acceptors (Lipinski definition) is 3. The van der Waals surface area contributed by atoms with Crippen molar-refractivity contribution in [2.24, 2.45) is 5.73 Å². The van der Waals surface area contributed by atoms with Gasteiger partial charge in [-0.25, -0.2) is 4.98 Å². The number of hydrogen-bond donors (Lipinski definition) is 1. The van der Waals surface area contributed by atoms with Crippen LogP contribution >= 0.6 is 0 Å². The minimum atomic E-state index is 0.211. The molecule has 1 unspecified atom stereocenters. The summed E-state index contributed by atoms with van der Waals surface area (Å²) in [6.07, 6.45) is 0.859. The quantitative estimate of drug-likeness (QED) is 0.750. The SMILES string of the molecule is COc1cccc2c1nc1n2CC(N)C1. The van der Waals surface area contributed by atoms with Crippen molar-refractivity contribution < 1.29 is 4.74 Å². The molecule has 0 radical (unpaired) electrons. The highest BCUT2D eigenvalue weighted by molar-refractivity contribution is 5.82. The van der Waals surface area contributed by atoms with E-state index in [2.05, 4.69) is 15.6 Å².